The molecule has 0 atom stereocenters. The minimum Gasteiger partial charge on any atom is -0.481 e. The van der Waals surface area contributed by atoms with Crippen LogP contribution in [0.15, 0.2) is 0 Å². The van der Waals surface area contributed by atoms with E-state index in [1.165, 1.54) is 0 Å². The Hall–Kier alpha value is -0.620. The minimum atomic E-state index is -3.30. The van der Waals surface area contributed by atoms with Gasteiger partial charge in [0, 0.05) is 5.54 Å². The zero-order valence-electron chi connectivity index (χ0n) is 8.28. The van der Waals surface area contributed by atoms with Crippen LogP contribution in [-0.2, 0) is 14.8 Å². The summed E-state index contributed by atoms with van der Waals surface area (Å²) < 4.78 is 25.4. The highest BCUT2D eigenvalue weighted by molar-refractivity contribution is 7.90. The van der Waals surface area contributed by atoms with E-state index in [0.717, 1.165) is 0 Å². The number of carboxylic acid groups (broad SMARTS) is 1. The van der Waals surface area contributed by atoms with Crippen molar-refractivity contribution in [1.29, 1.82) is 0 Å². The lowest BCUT2D eigenvalue weighted by molar-refractivity contribution is -0.138. The molecule has 0 spiro atoms. The molecule has 0 radical (unpaired) electrons. The van der Waals surface area contributed by atoms with Gasteiger partial charge < -0.3 is 5.11 Å². The van der Waals surface area contributed by atoms with Gasteiger partial charge in [0.05, 0.1) is 11.7 Å². The van der Waals surface area contributed by atoms with Crippen LogP contribution in [0, 0.1) is 0 Å². The Balaban J connectivity index is 2.61. The Kier molecular flexibility index (Phi) is 2.87. The summed E-state index contributed by atoms with van der Waals surface area (Å²) >= 11 is 0. The number of aliphatic carboxylic acids is 1. The van der Waals surface area contributed by atoms with Gasteiger partial charge in [-0.15, -0.1) is 0 Å². The molecule has 1 aliphatic carbocycles. The third kappa shape index (κ3) is 3.26. The molecule has 0 bridgehead atoms. The zero-order valence-corrected chi connectivity index (χ0v) is 9.10. The molecule has 14 heavy (non-hydrogen) atoms. The molecule has 1 aliphatic rings. The average molecular weight is 221 g/mol. The van der Waals surface area contributed by atoms with Crippen LogP contribution < -0.4 is 4.72 Å². The molecule has 2 N–H and O–H groups in total. The quantitative estimate of drug-likeness (QED) is 0.700. The van der Waals surface area contributed by atoms with Gasteiger partial charge in [0.15, 0.2) is 0 Å². The van der Waals surface area contributed by atoms with E-state index >= 15 is 0 Å². The number of hydrogen-bond donors (Lipinski definition) is 2. The van der Waals surface area contributed by atoms with E-state index < -0.39 is 21.5 Å². The van der Waals surface area contributed by atoms with E-state index in [9.17, 15) is 13.2 Å². The van der Waals surface area contributed by atoms with Gasteiger partial charge in [-0.25, -0.2) is 13.1 Å². The van der Waals surface area contributed by atoms with Gasteiger partial charge in [-0.2, -0.15) is 0 Å². The topological polar surface area (TPSA) is 83.5 Å². The number of rotatable bonds is 5. The van der Waals surface area contributed by atoms with Crippen LogP contribution in [0.4, 0.5) is 0 Å². The molecule has 0 saturated heterocycles. The normalized spacial score (nSPS) is 18.1. The first-order chi connectivity index (χ1) is 6.23. The molecular weight excluding hydrogens is 206 g/mol. The molecule has 0 aliphatic heterocycles. The van der Waals surface area contributed by atoms with Crippen LogP contribution in [0.5, 0.6) is 0 Å². The summed E-state index contributed by atoms with van der Waals surface area (Å²) in [6.07, 6.45) is 1.15. The van der Waals surface area contributed by atoms with Crippen LogP contribution in [0.2, 0.25) is 0 Å². The maximum atomic E-state index is 11.5. The predicted octanol–water partition coefficient (Wildman–Crippen LogP) is 0.322. The molecule has 0 amide bonds. The van der Waals surface area contributed by atoms with Crippen molar-refractivity contribution in [3.63, 3.8) is 0 Å². The van der Waals surface area contributed by atoms with Crippen molar-refractivity contribution in [1.82, 2.24) is 4.72 Å². The van der Waals surface area contributed by atoms with E-state index in [1.807, 2.05) is 0 Å². The van der Waals surface area contributed by atoms with Gasteiger partial charge in [0.2, 0.25) is 10.0 Å². The van der Waals surface area contributed by atoms with Gasteiger partial charge in [-0.1, -0.05) is 0 Å². The summed E-state index contributed by atoms with van der Waals surface area (Å²) in [7, 11) is -3.30. The van der Waals surface area contributed by atoms with Crippen molar-refractivity contribution in [2.45, 2.75) is 43.9 Å². The second-order valence-electron chi connectivity index (χ2n) is 4.30. The van der Waals surface area contributed by atoms with Crippen LogP contribution in [0.3, 0.4) is 0 Å². The molecular formula is C8H15NO4S. The van der Waals surface area contributed by atoms with Crippen LogP contribution in [0.1, 0.15) is 33.1 Å². The Morgan fingerprint density at radius 3 is 2.36 bits per heavy atom. The standard InChI is InChI=1S/C8H15NO4S/c1-8(2,5-7(10)11)9-14(12,13)6-3-4-6/h6,9H,3-5H2,1-2H3,(H,10,11). The maximum absolute atomic E-state index is 11.5. The third-order valence-electron chi connectivity index (χ3n) is 1.97. The number of hydrogen-bond acceptors (Lipinski definition) is 3. The number of carbonyl (C=O) groups is 1. The minimum absolute atomic E-state index is 0.209. The Morgan fingerprint density at radius 2 is 2.00 bits per heavy atom. The zero-order chi connectivity index (χ0) is 11.0. The number of nitrogens with one attached hydrogen (secondary N) is 1. The average Bonchev–Trinajstić information content (AvgIpc) is 2.57. The smallest absolute Gasteiger partial charge is 0.305 e. The summed E-state index contributed by atoms with van der Waals surface area (Å²) in [5, 5.41) is 8.26. The maximum Gasteiger partial charge on any atom is 0.305 e. The van der Waals surface area contributed by atoms with Gasteiger partial charge in [-0.05, 0) is 26.7 Å². The molecule has 0 aromatic rings. The van der Waals surface area contributed by atoms with Gasteiger partial charge in [-0.3, -0.25) is 4.79 Å². The molecule has 1 rings (SSSR count). The summed E-state index contributed by atoms with van der Waals surface area (Å²) in [5.41, 5.74) is -0.909. The van der Waals surface area contributed by atoms with E-state index in [4.69, 9.17) is 5.11 Å². The molecule has 82 valence electrons. The van der Waals surface area contributed by atoms with Crippen molar-refractivity contribution < 1.29 is 18.3 Å². The molecule has 6 heteroatoms. The van der Waals surface area contributed by atoms with Crippen molar-refractivity contribution in [3.05, 3.63) is 0 Å². The van der Waals surface area contributed by atoms with Crippen LogP contribution in [-0.4, -0.2) is 30.3 Å². The molecule has 0 aromatic heterocycles. The fourth-order valence-electron chi connectivity index (χ4n) is 1.26. The van der Waals surface area contributed by atoms with Crippen molar-refractivity contribution in [2.75, 3.05) is 0 Å². The summed E-state index contributed by atoms with van der Waals surface area (Å²) in [5.74, 6) is -1.01. The first-order valence-corrected chi connectivity index (χ1v) is 6.02. The van der Waals surface area contributed by atoms with Crippen molar-refractivity contribution >= 4 is 16.0 Å². The van der Waals surface area contributed by atoms with Crippen LogP contribution >= 0.6 is 0 Å². The lowest BCUT2D eigenvalue weighted by atomic mass is 10.0. The summed E-state index contributed by atoms with van der Waals surface area (Å²) in [4.78, 5) is 10.5. The van der Waals surface area contributed by atoms with E-state index in [0.29, 0.717) is 12.8 Å². The highest BCUT2D eigenvalue weighted by Crippen LogP contribution is 2.29. The van der Waals surface area contributed by atoms with Crippen LogP contribution in [0.25, 0.3) is 0 Å². The monoisotopic (exact) mass is 221 g/mol. The fourth-order valence-corrected chi connectivity index (χ4v) is 3.03. The molecule has 1 saturated carbocycles. The van der Waals surface area contributed by atoms with Crippen molar-refractivity contribution in [3.8, 4) is 0 Å². The highest BCUT2D eigenvalue weighted by Gasteiger charge is 2.39. The Morgan fingerprint density at radius 1 is 1.50 bits per heavy atom. The van der Waals surface area contributed by atoms with Crippen molar-refractivity contribution in [2.24, 2.45) is 0 Å². The van der Waals surface area contributed by atoms with Gasteiger partial charge >= 0.3 is 5.97 Å². The lowest BCUT2D eigenvalue weighted by Gasteiger charge is -2.23. The van der Waals surface area contributed by atoms with E-state index in [1.54, 1.807) is 13.8 Å². The molecule has 5 nitrogen and oxygen atoms in total. The second kappa shape index (κ2) is 3.51. The first-order valence-electron chi connectivity index (χ1n) is 4.47. The second-order valence-corrected chi connectivity index (χ2v) is 6.26. The van der Waals surface area contributed by atoms with Gasteiger partial charge in [0.1, 0.15) is 0 Å². The fraction of sp³-hybridized carbons (Fsp3) is 0.875. The van der Waals surface area contributed by atoms with E-state index in [-0.39, 0.29) is 11.7 Å². The highest BCUT2D eigenvalue weighted by atomic mass is 32.2. The lowest BCUT2D eigenvalue weighted by Crippen LogP contribution is -2.46. The molecule has 0 aromatic carbocycles. The van der Waals surface area contributed by atoms with E-state index in [2.05, 4.69) is 4.72 Å². The molecule has 0 heterocycles. The number of sulfonamides is 1. The predicted molar refractivity (Wildman–Crippen MR) is 51.4 cm³/mol. The van der Waals surface area contributed by atoms with Gasteiger partial charge in [0.25, 0.3) is 0 Å². The third-order valence-corrected chi connectivity index (χ3v) is 4.16. The molecule has 0 unspecified atom stereocenters. The first kappa shape index (κ1) is 11.5. The molecule has 1 fully saturated rings. The Bertz CT molecular complexity index is 329. The Labute approximate surface area is 83.6 Å². The SMILES string of the molecule is CC(C)(CC(=O)O)NS(=O)(=O)C1CC1. The summed E-state index contributed by atoms with van der Waals surface area (Å²) in [6, 6.07) is 0. The summed E-state index contributed by atoms with van der Waals surface area (Å²) in [6.45, 7) is 3.14. The largest absolute Gasteiger partial charge is 0.481 e. The number of carboxylic acids is 1.